The van der Waals surface area contributed by atoms with E-state index in [1.165, 1.54) is 6.07 Å². The molecular formula is C18H22F6N2. The molecule has 0 amide bonds. The van der Waals surface area contributed by atoms with E-state index in [0.29, 0.717) is 11.3 Å². The summed E-state index contributed by atoms with van der Waals surface area (Å²) in [7, 11) is 0. The summed E-state index contributed by atoms with van der Waals surface area (Å²) in [4.78, 5) is 1.65. The van der Waals surface area contributed by atoms with Crippen LogP contribution >= 0.6 is 0 Å². The van der Waals surface area contributed by atoms with Crippen LogP contribution in [-0.2, 0) is 6.18 Å². The number of halogens is 6. The van der Waals surface area contributed by atoms with Crippen LogP contribution in [0.25, 0.3) is 0 Å². The van der Waals surface area contributed by atoms with E-state index in [1.807, 2.05) is 0 Å². The monoisotopic (exact) mass is 380 g/mol. The van der Waals surface area contributed by atoms with Gasteiger partial charge in [-0.15, -0.1) is 0 Å². The fourth-order valence-corrected chi connectivity index (χ4v) is 3.84. The summed E-state index contributed by atoms with van der Waals surface area (Å²) in [5.41, 5.74) is 0.296. The Labute approximate surface area is 148 Å². The van der Waals surface area contributed by atoms with Gasteiger partial charge in [0.15, 0.2) is 0 Å². The minimum atomic E-state index is -4.47. The maximum absolute atomic E-state index is 13.3. The molecule has 1 N–H and O–H groups in total. The van der Waals surface area contributed by atoms with Crippen molar-refractivity contribution < 1.29 is 26.3 Å². The zero-order valence-electron chi connectivity index (χ0n) is 14.3. The summed E-state index contributed by atoms with van der Waals surface area (Å²) >= 11 is 0. The number of benzene rings is 1. The van der Waals surface area contributed by atoms with Crippen molar-refractivity contribution in [1.82, 2.24) is 5.32 Å². The van der Waals surface area contributed by atoms with E-state index in [-0.39, 0.29) is 31.8 Å². The van der Waals surface area contributed by atoms with Crippen molar-refractivity contribution in [2.45, 2.75) is 44.0 Å². The number of alkyl halides is 6. The van der Waals surface area contributed by atoms with Crippen LogP contribution in [0.1, 0.15) is 42.7 Å². The topological polar surface area (TPSA) is 15.3 Å². The largest absolute Gasteiger partial charge is 0.416 e. The fourth-order valence-electron chi connectivity index (χ4n) is 3.84. The highest BCUT2D eigenvalue weighted by Crippen LogP contribution is 2.39. The van der Waals surface area contributed by atoms with Crippen molar-refractivity contribution >= 4 is 5.69 Å². The molecular weight excluding hydrogens is 358 g/mol. The summed E-state index contributed by atoms with van der Waals surface area (Å²) < 4.78 is 78.4. The number of hydrogen-bond acceptors (Lipinski definition) is 2. The summed E-state index contributed by atoms with van der Waals surface area (Å²) in [6.07, 6.45) is -7.35. The second-order valence-corrected chi connectivity index (χ2v) is 7.14. The van der Waals surface area contributed by atoms with E-state index in [4.69, 9.17) is 0 Å². The van der Waals surface area contributed by atoms with Crippen molar-refractivity contribution in [3.63, 3.8) is 0 Å². The highest BCUT2D eigenvalue weighted by molar-refractivity contribution is 5.53. The minimum absolute atomic E-state index is 0.0463. The van der Waals surface area contributed by atoms with Crippen molar-refractivity contribution in [2.75, 3.05) is 31.1 Å². The zero-order chi connectivity index (χ0) is 18.9. The highest BCUT2D eigenvalue weighted by Gasteiger charge is 2.41. The van der Waals surface area contributed by atoms with E-state index in [2.05, 4.69) is 5.32 Å². The molecule has 0 saturated carbocycles. The first kappa shape index (κ1) is 19.3. The van der Waals surface area contributed by atoms with Gasteiger partial charge in [-0.1, -0.05) is 0 Å². The van der Waals surface area contributed by atoms with Crippen LogP contribution in [0.15, 0.2) is 18.2 Å². The van der Waals surface area contributed by atoms with Crippen LogP contribution in [0.4, 0.5) is 32.0 Å². The van der Waals surface area contributed by atoms with Gasteiger partial charge < -0.3 is 10.2 Å². The highest BCUT2D eigenvalue weighted by atomic mass is 19.4. The standard InChI is InChI=1S/C18H22F6N2/c19-17(20,21)14-3-7-26(8-4-14)16-10-13(12-1-5-25-6-2-12)9-15(11-16)18(22,23)24/h9-12,14,25H,1-8H2. The Bertz CT molecular complexity index is 611. The molecule has 0 atom stereocenters. The van der Waals surface area contributed by atoms with Crippen LogP contribution in [0.5, 0.6) is 0 Å². The second kappa shape index (κ2) is 7.29. The third-order valence-corrected chi connectivity index (χ3v) is 5.40. The van der Waals surface area contributed by atoms with Crippen LogP contribution in [-0.4, -0.2) is 32.4 Å². The molecule has 2 nitrogen and oxygen atoms in total. The molecule has 26 heavy (non-hydrogen) atoms. The lowest BCUT2D eigenvalue weighted by atomic mass is 9.88. The summed E-state index contributed by atoms with van der Waals surface area (Å²) in [6.45, 7) is 1.76. The lowest BCUT2D eigenvalue weighted by Gasteiger charge is -2.35. The Hall–Kier alpha value is -1.44. The van der Waals surface area contributed by atoms with E-state index in [1.54, 1.807) is 11.0 Å². The minimum Gasteiger partial charge on any atom is -0.371 e. The molecule has 2 heterocycles. The van der Waals surface area contributed by atoms with Gasteiger partial charge in [-0.25, -0.2) is 0 Å². The number of hydrogen-bond donors (Lipinski definition) is 1. The van der Waals surface area contributed by atoms with Gasteiger partial charge in [0.1, 0.15) is 0 Å². The molecule has 0 aliphatic carbocycles. The maximum Gasteiger partial charge on any atom is 0.416 e. The van der Waals surface area contributed by atoms with Crippen LogP contribution < -0.4 is 10.2 Å². The molecule has 0 bridgehead atoms. The Morgan fingerprint density at radius 2 is 1.46 bits per heavy atom. The van der Waals surface area contributed by atoms with Gasteiger partial charge in [-0.2, -0.15) is 26.3 Å². The molecule has 146 valence electrons. The summed E-state index contributed by atoms with van der Waals surface area (Å²) in [6, 6.07) is 4.00. The summed E-state index contributed by atoms with van der Waals surface area (Å²) in [5, 5.41) is 3.19. The average molecular weight is 380 g/mol. The van der Waals surface area contributed by atoms with Crippen molar-refractivity contribution in [1.29, 1.82) is 0 Å². The number of anilines is 1. The number of piperidine rings is 2. The molecule has 1 aromatic carbocycles. The van der Waals surface area contributed by atoms with Gasteiger partial charge in [-0.05, 0) is 68.5 Å². The average Bonchev–Trinajstić information content (AvgIpc) is 2.61. The predicted octanol–water partition coefficient (Wildman–Crippen LogP) is 4.95. The smallest absolute Gasteiger partial charge is 0.371 e. The quantitative estimate of drug-likeness (QED) is 0.731. The first-order valence-corrected chi connectivity index (χ1v) is 8.89. The Balaban J connectivity index is 1.84. The SMILES string of the molecule is FC(F)(F)c1cc(C2CCNCC2)cc(N2CCC(C(F)(F)F)CC2)c1. The van der Waals surface area contributed by atoms with Crippen molar-refractivity contribution in [3.05, 3.63) is 29.3 Å². The van der Waals surface area contributed by atoms with Crippen LogP contribution in [0.3, 0.4) is 0 Å². The van der Waals surface area contributed by atoms with Gasteiger partial charge in [0.05, 0.1) is 11.5 Å². The van der Waals surface area contributed by atoms with Gasteiger partial charge >= 0.3 is 12.4 Å². The summed E-state index contributed by atoms with van der Waals surface area (Å²) in [5.74, 6) is -1.32. The molecule has 0 radical (unpaired) electrons. The third-order valence-electron chi connectivity index (χ3n) is 5.40. The second-order valence-electron chi connectivity index (χ2n) is 7.14. The first-order chi connectivity index (χ1) is 12.1. The molecule has 1 aromatic rings. The molecule has 2 saturated heterocycles. The van der Waals surface area contributed by atoms with Crippen LogP contribution in [0, 0.1) is 5.92 Å². The fraction of sp³-hybridized carbons (Fsp3) is 0.667. The third kappa shape index (κ3) is 4.45. The van der Waals surface area contributed by atoms with E-state index in [9.17, 15) is 26.3 Å². The normalized spacial score (nSPS) is 21.2. The molecule has 3 rings (SSSR count). The van der Waals surface area contributed by atoms with Gasteiger partial charge in [0.2, 0.25) is 0 Å². The van der Waals surface area contributed by atoms with E-state index >= 15 is 0 Å². The molecule has 0 unspecified atom stereocenters. The number of nitrogens with one attached hydrogen (secondary N) is 1. The van der Waals surface area contributed by atoms with Crippen LogP contribution in [0.2, 0.25) is 0 Å². The molecule has 2 aliphatic rings. The Kier molecular flexibility index (Phi) is 5.42. The first-order valence-electron chi connectivity index (χ1n) is 8.89. The van der Waals surface area contributed by atoms with Gasteiger partial charge in [-0.3, -0.25) is 0 Å². The Morgan fingerprint density at radius 1 is 0.846 bits per heavy atom. The lowest BCUT2D eigenvalue weighted by molar-refractivity contribution is -0.179. The molecule has 0 aromatic heterocycles. The van der Waals surface area contributed by atoms with Crippen molar-refractivity contribution in [3.8, 4) is 0 Å². The van der Waals surface area contributed by atoms with Gasteiger partial charge in [0.25, 0.3) is 0 Å². The Morgan fingerprint density at radius 3 is 2.00 bits per heavy atom. The number of nitrogens with zero attached hydrogens (tertiary/aromatic N) is 1. The molecule has 8 heteroatoms. The molecule has 2 aliphatic heterocycles. The van der Waals surface area contributed by atoms with Gasteiger partial charge in [0, 0.05) is 18.8 Å². The molecule has 0 spiro atoms. The van der Waals surface area contributed by atoms with E-state index in [0.717, 1.165) is 32.0 Å². The lowest BCUT2D eigenvalue weighted by Crippen LogP contribution is -2.39. The zero-order valence-corrected chi connectivity index (χ0v) is 14.3. The van der Waals surface area contributed by atoms with E-state index < -0.39 is 23.8 Å². The molecule has 2 fully saturated rings. The number of rotatable bonds is 2. The predicted molar refractivity (Wildman–Crippen MR) is 87.3 cm³/mol. The maximum atomic E-state index is 13.3. The van der Waals surface area contributed by atoms with Crippen molar-refractivity contribution in [2.24, 2.45) is 5.92 Å².